The molecule has 0 unspecified atom stereocenters. The molecule has 3 rings (SSSR count). The molecule has 7 nitrogen and oxygen atoms in total. The van der Waals surface area contributed by atoms with Crippen molar-refractivity contribution < 1.29 is 18.7 Å². The molecule has 1 amide bonds. The monoisotopic (exact) mass is 343 g/mol. The first kappa shape index (κ1) is 17.3. The fourth-order valence-corrected chi connectivity index (χ4v) is 2.77. The number of rotatable bonds is 7. The van der Waals surface area contributed by atoms with Crippen LogP contribution in [0, 0.1) is 0 Å². The van der Waals surface area contributed by atoms with Gasteiger partial charge >= 0.3 is 0 Å². The van der Waals surface area contributed by atoms with Crippen LogP contribution in [0.1, 0.15) is 22.7 Å². The molecule has 0 spiro atoms. The molecule has 1 N–H and O–H groups in total. The minimum Gasteiger partial charge on any atom is -0.461 e. The van der Waals surface area contributed by atoms with Gasteiger partial charge in [-0.2, -0.15) is 0 Å². The molecule has 7 heteroatoms. The molecule has 0 aliphatic carbocycles. The summed E-state index contributed by atoms with van der Waals surface area (Å²) in [5, 5.41) is 2.86. The summed E-state index contributed by atoms with van der Waals surface area (Å²) in [6, 6.07) is 8.78. The maximum Gasteiger partial charge on any atom is 0.234 e. The number of ketones is 1. The zero-order valence-electron chi connectivity index (χ0n) is 13.9. The number of nitrogens with zero attached hydrogens (tertiary/aromatic N) is 2. The number of hydrogen-bond donors (Lipinski definition) is 1. The van der Waals surface area contributed by atoms with Crippen molar-refractivity contribution >= 4 is 11.7 Å². The van der Waals surface area contributed by atoms with Gasteiger partial charge in [0.05, 0.1) is 38.3 Å². The standard InChI is InChI=1S/C18H21N3O4/c22-16(17-5-3-8-25-17)10-15-13-24-9-7-21(15)12-18(23)20-11-14-4-1-2-6-19-14/h1-6,8,15H,7,9-13H2,(H,20,23)/t15-/m0/s1. The Bertz CT molecular complexity index is 688. The first-order chi connectivity index (χ1) is 12.2. The number of aromatic nitrogens is 1. The third-order valence-corrected chi connectivity index (χ3v) is 4.11. The van der Waals surface area contributed by atoms with Gasteiger partial charge in [-0.3, -0.25) is 19.5 Å². The van der Waals surface area contributed by atoms with Crippen LogP contribution in [0.4, 0.5) is 0 Å². The average molecular weight is 343 g/mol. The molecule has 3 heterocycles. The van der Waals surface area contributed by atoms with Crippen LogP contribution >= 0.6 is 0 Å². The zero-order valence-corrected chi connectivity index (χ0v) is 13.9. The number of Topliss-reactive ketones (excluding diaryl/α,β-unsaturated/α-hetero) is 1. The van der Waals surface area contributed by atoms with E-state index in [-0.39, 0.29) is 30.7 Å². The van der Waals surface area contributed by atoms with E-state index in [2.05, 4.69) is 10.3 Å². The van der Waals surface area contributed by atoms with Crippen molar-refractivity contribution in [3.05, 3.63) is 54.2 Å². The van der Waals surface area contributed by atoms with E-state index in [1.165, 1.54) is 6.26 Å². The van der Waals surface area contributed by atoms with Gasteiger partial charge in [-0.05, 0) is 24.3 Å². The Balaban J connectivity index is 1.52. The summed E-state index contributed by atoms with van der Waals surface area (Å²) in [5.41, 5.74) is 0.808. The van der Waals surface area contributed by atoms with E-state index in [9.17, 15) is 9.59 Å². The van der Waals surface area contributed by atoms with Crippen molar-refractivity contribution in [1.82, 2.24) is 15.2 Å². The van der Waals surface area contributed by atoms with Crippen molar-refractivity contribution in [3.63, 3.8) is 0 Å². The Morgan fingerprint density at radius 1 is 1.28 bits per heavy atom. The number of pyridine rings is 1. The summed E-state index contributed by atoms with van der Waals surface area (Å²) in [4.78, 5) is 30.6. The Morgan fingerprint density at radius 3 is 2.96 bits per heavy atom. The molecule has 1 aliphatic heterocycles. The molecular weight excluding hydrogens is 322 g/mol. The molecule has 0 bridgehead atoms. The highest BCUT2D eigenvalue weighted by Crippen LogP contribution is 2.14. The Labute approximate surface area is 146 Å². The van der Waals surface area contributed by atoms with Gasteiger partial charge in [0, 0.05) is 25.2 Å². The number of hydrogen-bond acceptors (Lipinski definition) is 6. The van der Waals surface area contributed by atoms with Crippen LogP contribution in [0.25, 0.3) is 0 Å². The first-order valence-electron chi connectivity index (χ1n) is 8.27. The maximum atomic E-state index is 12.2. The van der Waals surface area contributed by atoms with Crippen LogP contribution in [-0.4, -0.2) is 53.9 Å². The number of carbonyl (C=O) groups is 2. The lowest BCUT2D eigenvalue weighted by Crippen LogP contribution is -2.50. The van der Waals surface area contributed by atoms with Gasteiger partial charge in [0.2, 0.25) is 5.91 Å². The van der Waals surface area contributed by atoms with Gasteiger partial charge in [-0.25, -0.2) is 0 Å². The second-order valence-electron chi connectivity index (χ2n) is 5.90. The lowest BCUT2D eigenvalue weighted by atomic mass is 10.1. The molecule has 2 aromatic rings. The van der Waals surface area contributed by atoms with E-state index in [1.807, 2.05) is 23.1 Å². The Morgan fingerprint density at radius 2 is 2.20 bits per heavy atom. The van der Waals surface area contributed by atoms with Crippen molar-refractivity contribution in [2.45, 2.75) is 19.0 Å². The molecule has 0 aromatic carbocycles. The van der Waals surface area contributed by atoms with Gasteiger partial charge in [0.1, 0.15) is 0 Å². The molecule has 0 radical (unpaired) electrons. The molecule has 0 saturated carbocycles. The third-order valence-electron chi connectivity index (χ3n) is 4.11. The number of amides is 1. The van der Waals surface area contributed by atoms with Crippen LogP contribution in [0.2, 0.25) is 0 Å². The largest absolute Gasteiger partial charge is 0.461 e. The molecular formula is C18H21N3O4. The van der Waals surface area contributed by atoms with Crippen LogP contribution in [0.15, 0.2) is 47.2 Å². The van der Waals surface area contributed by atoms with Gasteiger partial charge in [-0.15, -0.1) is 0 Å². The Kier molecular flexibility index (Phi) is 5.92. The number of morpholine rings is 1. The minimum atomic E-state index is -0.132. The zero-order chi connectivity index (χ0) is 17.5. The predicted molar refractivity (Wildman–Crippen MR) is 89.9 cm³/mol. The van der Waals surface area contributed by atoms with Crippen molar-refractivity contribution in [3.8, 4) is 0 Å². The summed E-state index contributed by atoms with van der Waals surface area (Å²) in [5.74, 6) is 0.160. The first-order valence-corrected chi connectivity index (χ1v) is 8.27. The topological polar surface area (TPSA) is 84.7 Å². The normalized spacial score (nSPS) is 18.0. The highest BCUT2D eigenvalue weighted by atomic mass is 16.5. The van der Waals surface area contributed by atoms with Crippen molar-refractivity contribution in [2.24, 2.45) is 0 Å². The van der Waals surface area contributed by atoms with Crippen LogP contribution in [0.3, 0.4) is 0 Å². The van der Waals surface area contributed by atoms with E-state index < -0.39 is 0 Å². The molecule has 2 aromatic heterocycles. The van der Waals surface area contributed by atoms with E-state index in [1.54, 1.807) is 18.3 Å². The van der Waals surface area contributed by atoms with E-state index in [0.717, 1.165) is 5.69 Å². The van der Waals surface area contributed by atoms with Crippen molar-refractivity contribution in [2.75, 3.05) is 26.3 Å². The fourth-order valence-electron chi connectivity index (χ4n) is 2.77. The number of ether oxygens (including phenoxy) is 1. The van der Waals surface area contributed by atoms with Crippen LogP contribution in [-0.2, 0) is 16.1 Å². The predicted octanol–water partition coefficient (Wildman–Crippen LogP) is 1.26. The van der Waals surface area contributed by atoms with Crippen LogP contribution in [0.5, 0.6) is 0 Å². The summed E-state index contributed by atoms with van der Waals surface area (Å²) in [6.45, 7) is 2.22. The highest BCUT2D eigenvalue weighted by molar-refractivity contribution is 5.93. The van der Waals surface area contributed by atoms with E-state index in [0.29, 0.717) is 32.1 Å². The fraction of sp³-hybridized carbons (Fsp3) is 0.389. The summed E-state index contributed by atoms with van der Waals surface area (Å²) in [7, 11) is 0. The minimum absolute atomic E-state index is 0.0839. The quantitative estimate of drug-likeness (QED) is 0.762. The smallest absolute Gasteiger partial charge is 0.234 e. The van der Waals surface area contributed by atoms with E-state index in [4.69, 9.17) is 9.15 Å². The molecule has 1 saturated heterocycles. The second kappa shape index (κ2) is 8.55. The van der Waals surface area contributed by atoms with Gasteiger partial charge in [-0.1, -0.05) is 6.07 Å². The molecule has 1 aliphatic rings. The SMILES string of the molecule is O=C(CN1CCOC[C@@H]1CC(=O)c1ccco1)NCc1ccccn1. The van der Waals surface area contributed by atoms with Gasteiger partial charge < -0.3 is 14.5 Å². The molecule has 1 fully saturated rings. The maximum absolute atomic E-state index is 12.2. The summed E-state index contributed by atoms with van der Waals surface area (Å²) < 4.78 is 10.6. The van der Waals surface area contributed by atoms with Gasteiger partial charge in [0.25, 0.3) is 0 Å². The Hall–Kier alpha value is -2.51. The lowest BCUT2D eigenvalue weighted by Gasteiger charge is -2.34. The molecule has 132 valence electrons. The third kappa shape index (κ3) is 4.98. The number of carbonyl (C=O) groups excluding carboxylic acids is 2. The number of furan rings is 1. The average Bonchev–Trinajstić information content (AvgIpc) is 3.17. The van der Waals surface area contributed by atoms with E-state index >= 15 is 0 Å². The summed E-state index contributed by atoms with van der Waals surface area (Å²) >= 11 is 0. The summed E-state index contributed by atoms with van der Waals surface area (Å²) in [6.07, 6.45) is 3.44. The molecule has 1 atom stereocenters. The number of nitrogens with one attached hydrogen (secondary N) is 1. The second-order valence-corrected chi connectivity index (χ2v) is 5.90. The van der Waals surface area contributed by atoms with Crippen molar-refractivity contribution in [1.29, 1.82) is 0 Å². The highest BCUT2D eigenvalue weighted by Gasteiger charge is 2.28. The van der Waals surface area contributed by atoms with Gasteiger partial charge in [0.15, 0.2) is 11.5 Å². The molecule has 25 heavy (non-hydrogen) atoms. The lowest BCUT2D eigenvalue weighted by molar-refractivity contribution is -0.124. The van der Waals surface area contributed by atoms with Crippen LogP contribution < -0.4 is 5.32 Å².